The van der Waals surface area contributed by atoms with Crippen molar-refractivity contribution in [2.45, 2.75) is 166 Å². The van der Waals surface area contributed by atoms with Crippen LogP contribution in [-0.2, 0) is 66.3 Å². The molecule has 0 amide bonds. The van der Waals surface area contributed by atoms with Crippen molar-refractivity contribution in [1.82, 2.24) is 0 Å². The monoisotopic (exact) mass is 1010 g/mol. The van der Waals surface area contributed by atoms with E-state index in [1.807, 2.05) is 6.92 Å². The van der Waals surface area contributed by atoms with Gasteiger partial charge in [0.15, 0.2) is 43.9 Å². The molecule has 14 heterocycles. The molecule has 0 radical (unpaired) electrons. The first-order valence-corrected chi connectivity index (χ1v) is 21.8. The summed E-state index contributed by atoms with van der Waals surface area (Å²) < 4.78 is 295. The van der Waals surface area contributed by atoms with E-state index >= 15 is 0 Å². The molecule has 19 nitrogen and oxygen atoms in total. The number of aliphatic hydroxyl groups is 5. The average molecular weight is 1010 g/mol. The Morgan fingerprint density at radius 1 is 0.441 bits per heavy atom. The van der Waals surface area contributed by atoms with E-state index in [0.717, 1.165) is 13.3 Å². The van der Waals surface area contributed by atoms with E-state index in [1.165, 1.54) is 20.8 Å². The molecule has 68 heavy (non-hydrogen) atoms. The van der Waals surface area contributed by atoms with Crippen molar-refractivity contribution in [2.75, 3.05) is 92.2 Å². The van der Waals surface area contributed by atoms with Crippen molar-refractivity contribution < 1.29 is 133 Å². The molecule has 0 aromatic rings. The lowest BCUT2D eigenvalue weighted by Crippen LogP contribution is -2.33. The second-order valence-corrected chi connectivity index (χ2v) is 17.5. The largest absolute Gasteiger partial charge is 0.390 e. The zero-order chi connectivity index (χ0) is 74.8. The van der Waals surface area contributed by atoms with Crippen molar-refractivity contribution in [3.05, 3.63) is 0 Å². The van der Waals surface area contributed by atoms with E-state index in [0.29, 0.717) is 57.7 Å². The minimum absolute atomic E-state index is 0. The average Bonchev–Trinajstić information content (AvgIpc) is 1.49. The standard InChI is InChI=1S/4C7H12O3.2C7H12O2.C6H10O3.CH4/c4*1-7(8)4-10-6-5(7)2-3-9-6;2*1-5-4-9-7-6(5)2-3-8-7;7-5-3-9-6-4(5)1-2-8-6;/h4*5-6,8H,2-4H2,1H3;2*5-7H,2-4H2,1H3;4-7H,1-3H2;1H4/t6*5-,6-,7+;4-,5-,6+;/m1111000./s1/i2D2,3D2,4D2,5D,6D;2*4D2,5D,6D;5D,6D;6D,7D;7D;1D2,2D2,3D2,4D,5D,6D;. The van der Waals surface area contributed by atoms with Gasteiger partial charge in [-0.2, -0.15) is 0 Å². The summed E-state index contributed by atoms with van der Waals surface area (Å²) in [6, 6.07) is 0. The van der Waals surface area contributed by atoms with Gasteiger partial charge in [0, 0.05) is 55.0 Å². The smallest absolute Gasteiger partial charge is 0.163 e. The molecule has 5 N–H and O–H groups in total. The molecule has 14 saturated heterocycles. The van der Waals surface area contributed by atoms with E-state index in [2.05, 4.69) is 25.9 Å². The van der Waals surface area contributed by atoms with Crippen molar-refractivity contribution in [2.24, 2.45) is 53.1 Å². The molecule has 21 atom stereocenters. The maximum absolute atomic E-state index is 10.1. The molecule has 0 aliphatic carbocycles. The highest BCUT2D eigenvalue weighted by Gasteiger charge is 2.51. The summed E-state index contributed by atoms with van der Waals surface area (Å²) in [5.41, 5.74) is -8.13. The molecule has 14 aliphatic heterocycles. The second kappa shape index (κ2) is 23.6. The first-order chi connectivity index (χ1) is 42.9. The molecule has 396 valence electrons. The molecular formula is C49H86O19. The fraction of sp³-hybridized carbons (Fsp3) is 1.00. The molecule has 14 rings (SSSR count). The molecular weight excluding hydrogens is 893 g/mol. The predicted octanol–water partition coefficient (Wildman–Crippen LogP) is 2.93. The normalized spacial score (nSPS) is 78.7. The first kappa shape index (κ1) is 27.7. The number of fused-ring (bicyclic) bond motifs is 7. The zero-order valence-electron chi connectivity index (χ0n) is 67.9. The van der Waals surface area contributed by atoms with Crippen LogP contribution >= 0.6 is 0 Å². The van der Waals surface area contributed by atoms with Crippen molar-refractivity contribution in [3.8, 4) is 0 Å². The Morgan fingerprint density at radius 3 is 1.43 bits per heavy atom. The van der Waals surface area contributed by atoms with Crippen LogP contribution in [0.3, 0.4) is 0 Å². The van der Waals surface area contributed by atoms with Gasteiger partial charge in [0.05, 0.1) is 148 Å². The zero-order valence-corrected chi connectivity index (χ0v) is 37.9. The highest BCUT2D eigenvalue weighted by atomic mass is 16.7. The third-order valence-corrected chi connectivity index (χ3v) is 11.9. The van der Waals surface area contributed by atoms with Crippen LogP contribution in [0.2, 0.25) is 0 Å². The lowest BCUT2D eigenvalue weighted by Gasteiger charge is -2.19. The maximum atomic E-state index is 10.1. The Labute approximate surface area is 445 Å². The van der Waals surface area contributed by atoms with Crippen LogP contribution in [0.5, 0.6) is 0 Å². The highest BCUT2D eigenvalue weighted by Crippen LogP contribution is 2.41. The third-order valence-electron chi connectivity index (χ3n) is 11.9. The summed E-state index contributed by atoms with van der Waals surface area (Å²) >= 11 is 0. The van der Waals surface area contributed by atoms with Gasteiger partial charge in [0.2, 0.25) is 0 Å². The Bertz CT molecular complexity index is 2810. The fourth-order valence-corrected chi connectivity index (χ4v) is 7.95. The lowest BCUT2D eigenvalue weighted by molar-refractivity contribution is -0.0913. The van der Waals surface area contributed by atoms with Gasteiger partial charge >= 0.3 is 0 Å². The summed E-state index contributed by atoms with van der Waals surface area (Å²) in [6.07, 6.45) is -22.2. The quantitative estimate of drug-likeness (QED) is 0.235. The lowest BCUT2D eigenvalue weighted by atomic mass is 9.91. The van der Waals surface area contributed by atoms with Crippen LogP contribution in [0, 0.1) is 53.1 Å². The molecule has 0 unspecified atom stereocenters. The molecule has 0 aromatic heterocycles. The Balaban J connectivity index is 0.000000162. The molecule has 19 heteroatoms. The van der Waals surface area contributed by atoms with Crippen LogP contribution in [0.25, 0.3) is 0 Å². The van der Waals surface area contributed by atoms with E-state index in [1.54, 1.807) is 0 Å². The van der Waals surface area contributed by atoms with Gasteiger partial charge in [0.1, 0.15) is 0 Å². The Hall–Kier alpha value is -0.760. The number of hydrogen-bond donors (Lipinski definition) is 5. The van der Waals surface area contributed by atoms with E-state index < -0.39 is 160 Å². The predicted molar refractivity (Wildman–Crippen MR) is 240 cm³/mol. The molecule has 0 saturated carbocycles. The molecule has 0 aromatic carbocycles. The highest BCUT2D eigenvalue weighted by molar-refractivity contribution is 4.95. The second-order valence-electron chi connectivity index (χ2n) is 17.5. The molecule has 0 spiro atoms. The van der Waals surface area contributed by atoms with Crippen LogP contribution in [-0.4, -0.2) is 190 Å². The van der Waals surface area contributed by atoms with Gasteiger partial charge in [-0.3, -0.25) is 0 Å². The SMILES string of the molecule is C.[2H]C1([2H])O[C@@]2([2H])OCC[C@@]2([2H])[C@@]1(C)O.[2H]C1([2H])O[C@@]2([2H])OCC[C@@]2([2H])[C@@]1(C)O.[2H]C1([2H])O[C@]2([2H])OC([2H])([2H])[C@](C)(O)[C@]2([2H])C1([2H])[2H].[2H]C1([2H])O[C@]2([2H])OC([2H])([2H])[C@]([2H])(O)[C@]2([2H])C1([2H])[2H].[2H][C@]12OCC[C@@]1([2H])[C@@H](C)CO2.[2H][C@]12OCC[C@@]1([2H])[C@@](C)(O)CO2.[2H][C@]12OCC[C@H]1[C@@H](C)CO2. The van der Waals surface area contributed by atoms with Crippen molar-refractivity contribution in [3.63, 3.8) is 0 Å². The third kappa shape index (κ3) is 12.9. The molecule has 14 fully saturated rings. The molecule has 14 aliphatic rings. The topological polar surface area (TPSA) is 230 Å². The van der Waals surface area contributed by atoms with Crippen LogP contribution < -0.4 is 0 Å². The number of ether oxygens (including phenoxy) is 14. The summed E-state index contributed by atoms with van der Waals surface area (Å²) in [5, 5.41) is 49.5. The Morgan fingerprint density at radius 2 is 0.882 bits per heavy atom. The van der Waals surface area contributed by atoms with E-state index in [-0.39, 0.29) is 46.0 Å². The summed E-state index contributed by atoms with van der Waals surface area (Å²) in [5.74, 6) is -11.1. The van der Waals surface area contributed by atoms with Gasteiger partial charge in [0.25, 0.3) is 0 Å². The number of hydrogen-bond acceptors (Lipinski definition) is 19. The van der Waals surface area contributed by atoms with Crippen LogP contribution in [0.15, 0.2) is 0 Å². The van der Waals surface area contributed by atoms with Gasteiger partial charge in [-0.25, -0.2) is 0 Å². The summed E-state index contributed by atoms with van der Waals surface area (Å²) in [7, 11) is 0. The van der Waals surface area contributed by atoms with Crippen LogP contribution in [0.1, 0.15) is 135 Å². The van der Waals surface area contributed by atoms with Gasteiger partial charge in [-0.1, -0.05) is 21.3 Å². The minimum atomic E-state index is -3.52. The van der Waals surface area contributed by atoms with Crippen molar-refractivity contribution >= 4 is 0 Å². The van der Waals surface area contributed by atoms with E-state index in [4.69, 9.17) is 88.5 Å². The minimum Gasteiger partial charge on any atom is -0.390 e. The fourth-order valence-electron chi connectivity index (χ4n) is 7.95. The van der Waals surface area contributed by atoms with Gasteiger partial charge in [-0.05, 0) is 84.4 Å². The summed E-state index contributed by atoms with van der Waals surface area (Å²) in [6.45, 7) is -5.65. The number of rotatable bonds is 0. The summed E-state index contributed by atoms with van der Waals surface area (Å²) in [4.78, 5) is 0. The maximum Gasteiger partial charge on any atom is 0.163 e. The van der Waals surface area contributed by atoms with Gasteiger partial charge < -0.3 is 91.8 Å². The first-order valence-electron chi connectivity index (χ1n) is 36.8. The van der Waals surface area contributed by atoms with Crippen LogP contribution in [0.4, 0.5) is 0 Å². The molecule has 0 bridgehead atoms. The van der Waals surface area contributed by atoms with Gasteiger partial charge in [-0.15, -0.1) is 0 Å². The Kier molecular flexibility index (Phi) is 9.62. The van der Waals surface area contributed by atoms with Crippen molar-refractivity contribution in [1.29, 1.82) is 0 Å². The van der Waals surface area contributed by atoms with E-state index in [9.17, 15) is 25.5 Å².